The van der Waals surface area contributed by atoms with Gasteiger partial charge in [0, 0.05) is 30.8 Å². The Morgan fingerprint density at radius 1 is 1.07 bits per heavy atom. The Hall–Kier alpha value is -2.37. The van der Waals surface area contributed by atoms with Crippen LogP contribution in [0.2, 0.25) is 0 Å². The predicted molar refractivity (Wildman–Crippen MR) is 101 cm³/mol. The van der Waals surface area contributed by atoms with Crippen molar-refractivity contribution in [2.45, 2.75) is 33.6 Å². The Labute approximate surface area is 159 Å². The van der Waals surface area contributed by atoms with Crippen molar-refractivity contribution in [2.75, 3.05) is 19.6 Å². The molecule has 0 aromatic heterocycles. The molecule has 6 heteroatoms. The minimum atomic E-state index is -0.812. The number of hydrogen-bond donors (Lipinski definition) is 2. The van der Waals surface area contributed by atoms with Gasteiger partial charge in [0.1, 0.15) is 0 Å². The van der Waals surface area contributed by atoms with Crippen LogP contribution in [0.5, 0.6) is 0 Å². The van der Waals surface area contributed by atoms with Gasteiger partial charge in [-0.25, -0.2) is 0 Å². The molecule has 1 aliphatic heterocycles. The summed E-state index contributed by atoms with van der Waals surface area (Å²) < 4.78 is 0. The number of hydrogen-bond acceptors (Lipinski definition) is 3. The first-order chi connectivity index (χ1) is 12.7. The van der Waals surface area contributed by atoms with Crippen molar-refractivity contribution in [3.63, 3.8) is 0 Å². The van der Waals surface area contributed by atoms with Crippen molar-refractivity contribution < 1.29 is 19.5 Å². The fourth-order valence-corrected chi connectivity index (χ4v) is 3.65. The minimum absolute atomic E-state index is 0.0000987. The zero-order chi connectivity index (χ0) is 19.8. The number of rotatable bonds is 5. The first-order valence-electron chi connectivity index (χ1n) is 9.56. The monoisotopic (exact) mass is 372 g/mol. The first kappa shape index (κ1) is 19.4. The molecule has 1 heterocycles. The molecule has 0 unspecified atom stereocenters. The lowest BCUT2D eigenvalue weighted by atomic mass is 9.92. The normalized spacial score (nSPS) is 22.6. The minimum Gasteiger partial charge on any atom is -0.481 e. The molecule has 146 valence electrons. The smallest absolute Gasteiger partial charge is 0.308 e. The number of carboxylic acid groups (broad SMARTS) is 1. The summed E-state index contributed by atoms with van der Waals surface area (Å²) in [6, 6.07) is 6.59. The molecule has 2 N–H and O–H groups in total. The second-order valence-electron chi connectivity index (χ2n) is 8.98. The summed E-state index contributed by atoms with van der Waals surface area (Å²) in [5.41, 5.74) is 1.000. The van der Waals surface area contributed by atoms with Gasteiger partial charge in [-0.3, -0.25) is 14.4 Å². The maximum Gasteiger partial charge on any atom is 0.308 e. The van der Waals surface area contributed by atoms with Crippen molar-refractivity contribution in [3.8, 4) is 0 Å². The molecule has 27 heavy (non-hydrogen) atoms. The number of nitrogens with zero attached hydrogens (tertiary/aromatic N) is 1. The van der Waals surface area contributed by atoms with E-state index < -0.39 is 11.9 Å². The number of carboxylic acids is 1. The van der Waals surface area contributed by atoms with Gasteiger partial charge in [-0.2, -0.15) is 0 Å². The zero-order valence-corrected chi connectivity index (χ0v) is 16.2. The molecule has 0 spiro atoms. The van der Waals surface area contributed by atoms with Crippen molar-refractivity contribution in [2.24, 2.45) is 23.2 Å². The third-order valence-corrected chi connectivity index (χ3v) is 5.37. The summed E-state index contributed by atoms with van der Waals surface area (Å²) in [7, 11) is 0. The summed E-state index contributed by atoms with van der Waals surface area (Å²) in [4.78, 5) is 38.1. The van der Waals surface area contributed by atoms with E-state index in [2.05, 4.69) is 5.32 Å². The van der Waals surface area contributed by atoms with Crippen LogP contribution in [0.15, 0.2) is 24.3 Å². The van der Waals surface area contributed by atoms with E-state index in [4.69, 9.17) is 0 Å². The van der Waals surface area contributed by atoms with Crippen molar-refractivity contribution in [3.05, 3.63) is 35.4 Å². The molecule has 1 saturated heterocycles. The number of carbonyl (C=O) groups excluding carboxylic acids is 2. The van der Waals surface area contributed by atoms with Crippen molar-refractivity contribution in [1.82, 2.24) is 10.2 Å². The topological polar surface area (TPSA) is 86.7 Å². The van der Waals surface area contributed by atoms with Crippen LogP contribution in [0.1, 0.15) is 54.3 Å². The lowest BCUT2D eigenvalue weighted by molar-refractivity contribution is -0.142. The van der Waals surface area contributed by atoms with Crippen LogP contribution in [-0.2, 0) is 4.79 Å². The number of benzene rings is 1. The van der Waals surface area contributed by atoms with E-state index in [1.807, 2.05) is 20.8 Å². The second-order valence-corrected chi connectivity index (χ2v) is 8.98. The van der Waals surface area contributed by atoms with Crippen LogP contribution in [0, 0.1) is 23.2 Å². The molecule has 6 nitrogen and oxygen atoms in total. The van der Waals surface area contributed by atoms with Gasteiger partial charge < -0.3 is 15.3 Å². The van der Waals surface area contributed by atoms with Gasteiger partial charge in [-0.15, -0.1) is 0 Å². The van der Waals surface area contributed by atoms with E-state index in [9.17, 15) is 19.5 Å². The maximum atomic E-state index is 12.8. The maximum absolute atomic E-state index is 12.8. The van der Waals surface area contributed by atoms with Crippen LogP contribution >= 0.6 is 0 Å². The van der Waals surface area contributed by atoms with E-state index >= 15 is 0 Å². The highest BCUT2D eigenvalue weighted by Crippen LogP contribution is 2.44. The number of nitrogens with one attached hydrogen (secondary N) is 1. The molecule has 2 fully saturated rings. The van der Waals surface area contributed by atoms with Crippen molar-refractivity contribution >= 4 is 17.8 Å². The predicted octanol–water partition coefficient (Wildman–Crippen LogP) is 2.65. The molecule has 1 aromatic rings. The van der Waals surface area contributed by atoms with Gasteiger partial charge in [0.05, 0.1) is 5.92 Å². The molecule has 3 rings (SSSR count). The number of aliphatic carboxylic acids is 1. The van der Waals surface area contributed by atoms with Gasteiger partial charge in [0.25, 0.3) is 11.8 Å². The summed E-state index contributed by atoms with van der Waals surface area (Å²) in [5, 5.41) is 12.3. The number of amides is 2. The lowest BCUT2D eigenvalue weighted by Crippen LogP contribution is -2.32. The largest absolute Gasteiger partial charge is 0.481 e. The number of carbonyl (C=O) groups is 3. The van der Waals surface area contributed by atoms with Crippen LogP contribution in [0.4, 0.5) is 0 Å². The van der Waals surface area contributed by atoms with Crippen LogP contribution < -0.4 is 5.32 Å². The quantitative estimate of drug-likeness (QED) is 0.832. The summed E-state index contributed by atoms with van der Waals surface area (Å²) in [6.45, 7) is 7.48. The average molecular weight is 372 g/mol. The van der Waals surface area contributed by atoms with Gasteiger partial charge in [0.15, 0.2) is 0 Å². The Kier molecular flexibility index (Phi) is 5.27. The molecule has 1 saturated carbocycles. The molecule has 2 atom stereocenters. The van der Waals surface area contributed by atoms with Crippen LogP contribution in [0.3, 0.4) is 0 Å². The van der Waals surface area contributed by atoms with E-state index in [0.717, 1.165) is 12.8 Å². The summed E-state index contributed by atoms with van der Waals surface area (Å²) >= 11 is 0. The molecule has 0 radical (unpaired) electrons. The summed E-state index contributed by atoms with van der Waals surface area (Å²) in [6.07, 6.45) is 2.13. The van der Waals surface area contributed by atoms with E-state index in [1.165, 1.54) is 0 Å². The first-order valence-corrected chi connectivity index (χ1v) is 9.56. The summed E-state index contributed by atoms with van der Waals surface area (Å²) in [5.74, 6) is -1.10. The molecule has 1 aromatic carbocycles. The van der Waals surface area contributed by atoms with Gasteiger partial charge in [0.2, 0.25) is 0 Å². The Morgan fingerprint density at radius 2 is 1.67 bits per heavy atom. The fraction of sp³-hybridized carbons (Fsp3) is 0.571. The second kappa shape index (κ2) is 7.33. The average Bonchev–Trinajstić information content (AvgIpc) is 3.36. The van der Waals surface area contributed by atoms with Gasteiger partial charge in [-0.1, -0.05) is 20.8 Å². The van der Waals surface area contributed by atoms with Gasteiger partial charge >= 0.3 is 5.97 Å². The molecular formula is C21H28N2O4. The zero-order valence-electron chi connectivity index (χ0n) is 16.2. The third kappa shape index (κ3) is 4.67. The van der Waals surface area contributed by atoms with Crippen LogP contribution in [0.25, 0.3) is 0 Å². The number of likely N-dealkylation sites (tertiary alicyclic amines) is 1. The van der Waals surface area contributed by atoms with Gasteiger partial charge in [-0.05, 0) is 54.4 Å². The lowest BCUT2D eigenvalue weighted by Gasteiger charge is -2.19. The molecule has 1 aliphatic carbocycles. The standard InChI is InChI=1S/C21H28N2O4/c1-21(2,3)12-22-18(24)14-6-8-15(9-7-14)19(25)23-10-16(13-4-5-13)17(11-23)20(26)27/h6-9,13,16-17H,4-5,10-12H2,1-3H3,(H,22,24)(H,26,27)/t16-,17+/m1/s1. The molecule has 2 aliphatic rings. The molecule has 2 amide bonds. The highest BCUT2D eigenvalue weighted by molar-refractivity contribution is 5.98. The van der Waals surface area contributed by atoms with Crippen LogP contribution in [-0.4, -0.2) is 47.4 Å². The SMILES string of the molecule is CC(C)(C)CNC(=O)c1ccc(C(=O)N2C[C@H](C(=O)O)[C@@H](C3CC3)C2)cc1. The fourth-order valence-electron chi connectivity index (χ4n) is 3.65. The Balaban J connectivity index is 1.64. The highest BCUT2D eigenvalue weighted by Gasteiger charge is 2.46. The highest BCUT2D eigenvalue weighted by atomic mass is 16.4. The van der Waals surface area contributed by atoms with Crippen molar-refractivity contribution in [1.29, 1.82) is 0 Å². The Bertz CT molecular complexity index is 732. The van der Waals surface area contributed by atoms with E-state index in [1.54, 1.807) is 29.2 Å². The molecular weight excluding hydrogens is 344 g/mol. The van der Waals surface area contributed by atoms with E-state index in [-0.39, 0.29) is 29.7 Å². The molecule has 0 bridgehead atoms. The van der Waals surface area contributed by atoms with E-state index in [0.29, 0.717) is 30.1 Å². The Morgan fingerprint density at radius 3 is 2.19 bits per heavy atom. The third-order valence-electron chi connectivity index (χ3n) is 5.37.